The van der Waals surface area contributed by atoms with Gasteiger partial charge in [0.05, 0.1) is 13.7 Å². The van der Waals surface area contributed by atoms with Crippen LogP contribution in [-0.2, 0) is 29.0 Å². The molecule has 194 valence electrons. The standard InChI is InChI=1S/C28H43NO5Si/c1-20(14-22-9-7-8-21(15-22)10-13-27(32)34-4)29-18-25(17-28(2,3)35(5,6)33)23-11-12-26(31)24(16-23)19-30/h7-9,11-12,15-16,20,25,29-31,33H,10,13-14,17-19H2,1-6H3/t20-,25+/m1/s1. The third kappa shape index (κ3) is 8.76. The van der Waals surface area contributed by atoms with E-state index in [0.717, 1.165) is 24.0 Å². The SMILES string of the molecule is COC(=O)CCc1cccc(C[C@@H](C)NC[C@H](CC(C)(C)[Si](C)(C)O)c2ccc(O)c(CO)c2)c1. The zero-order valence-electron chi connectivity index (χ0n) is 22.1. The van der Waals surface area contributed by atoms with Crippen LogP contribution in [0.2, 0.25) is 18.1 Å². The summed E-state index contributed by atoms with van der Waals surface area (Å²) in [5, 5.41) is 23.1. The number of aliphatic hydroxyl groups is 1. The number of carbonyl (C=O) groups is 1. The van der Waals surface area contributed by atoms with Gasteiger partial charge in [-0.2, -0.15) is 0 Å². The van der Waals surface area contributed by atoms with E-state index in [9.17, 15) is 19.8 Å². The number of carbonyl (C=O) groups excluding carboxylic acids is 1. The third-order valence-electron chi connectivity index (χ3n) is 7.25. The summed E-state index contributed by atoms with van der Waals surface area (Å²) in [4.78, 5) is 22.3. The highest BCUT2D eigenvalue weighted by atomic mass is 28.4. The topological polar surface area (TPSA) is 99.0 Å². The lowest BCUT2D eigenvalue weighted by atomic mass is 9.88. The molecular weight excluding hydrogens is 458 g/mol. The number of esters is 1. The van der Waals surface area contributed by atoms with Crippen LogP contribution in [0.3, 0.4) is 0 Å². The Labute approximate surface area is 211 Å². The van der Waals surface area contributed by atoms with Gasteiger partial charge in [0, 0.05) is 24.6 Å². The van der Waals surface area contributed by atoms with E-state index in [1.54, 1.807) is 6.07 Å². The first-order valence-corrected chi connectivity index (χ1v) is 15.3. The summed E-state index contributed by atoms with van der Waals surface area (Å²) in [6.45, 7) is 10.9. The second-order valence-corrected chi connectivity index (χ2v) is 15.3. The number of aryl methyl sites for hydroxylation is 1. The summed E-state index contributed by atoms with van der Waals surface area (Å²) in [6.07, 6.45) is 2.67. The number of hydrogen-bond donors (Lipinski definition) is 4. The van der Waals surface area contributed by atoms with Gasteiger partial charge in [-0.1, -0.05) is 44.2 Å². The Balaban J connectivity index is 2.12. The molecule has 7 heteroatoms. The number of methoxy groups -OCH3 is 1. The summed E-state index contributed by atoms with van der Waals surface area (Å²) in [5.74, 6) is 0.00954. The molecule has 0 saturated carbocycles. The van der Waals surface area contributed by atoms with Gasteiger partial charge in [0.1, 0.15) is 5.75 Å². The van der Waals surface area contributed by atoms with E-state index in [2.05, 4.69) is 38.2 Å². The van der Waals surface area contributed by atoms with E-state index in [4.69, 9.17) is 4.74 Å². The Morgan fingerprint density at radius 2 is 1.83 bits per heavy atom. The van der Waals surface area contributed by atoms with Gasteiger partial charge in [-0.05, 0) is 79.1 Å². The first kappa shape index (κ1) is 29.0. The van der Waals surface area contributed by atoms with Crippen molar-refractivity contribution >= 4 is 14.3 Å². The van der Waals surface area contributed by atoms with E-state index < -0.39 is 8.32 Å². The highest BCUT2D eigenvalue weighted by molar-refractivity contribution is 6.72. The molecule has 0 aliphatic carbocycles. The maximum atomic E-state index is 11.5. The number of aromatic hydroxyl groups is 1. The molecule has 0 radical (unpaired) electrons. The maximum absolute atomic E-state index is 11.5. The molecular formula is C28H43NO5Si. The molecule has 0 bridgehead atoms. The molecule has 4 N–H and O–H groups in total. The van der Waals surface area contributed by atoms with Crippen molar-refractivity contribution < 1.29 is 24.5 Å². The Kier molecular flexibility index (Phi) is 10.5. The first-order valence-electron chi connectivity index (χ1n) is 12.4. The van der Waals surface area contributed by atoms with Gasteiger partial charge in [0.25, 0.3) is 0 Å². The number of aliphatic hydroxyl groups excluding tert-OH is 1. The Morgan fingerprint density at radius 3 is 2.46 bits per heavy atom. The van der Waals surface area contributed by atoms with Crippen molar-refractivity contribution in [3.63, 3.8) is 0 Å². The van der Waals surface area contributed by atoms with Crippen molar-refractivity contribution in [1.82, 2.24) is 5.32 Å². The second-order valence-electron chi connectivity index (χ2n) is 10.8. The molecule has 35 heavy (non-hydrogen) atoms. The van der Waals surface area contributed by atoms with Gasteiger partial charge in [-0.25, -0.2) is 0 Å². The molecule has 0 saturated heterocycles. The van der Waals surface area contributed by atoms with Gasteiger partial charge >= 0.3 is 5.97 Å². The fourth-order valence-corrected chi connectivity index (χ4v) is 4.94. The van der Waals surface area contributed by atoms with Crippen molar-refractivity contribution in [3.8, 4) is 5.75 Å². The Hall–Kier alpha value is -2.19. The van der Waals surface area contributed by atoms with Crippen LogP contribution in [0.25, 0.3) is 0 Å². The minimum absolute atomic E-state index is 0.0968. The highest BCUT2D eigenvalue weighted by Crippen LogP contribution is 2.44. The minimum atomic E-state index is -2.42. The zero-order chi connectivity index (χ0) is 26.2. The van der Waals surface area contributed by atoms with Gasteiger partial charge in [0.15, 0.2) is 8.32 Å². The summed E-state index contributed by atoms with van der Waals surface area (Å²) in [6, 6.07) is 14.0. The largest absolute Gasteiger partial charge is 0.508 e. The fourth-order valence-electron chi connectivity index (χ4n) is 4.19. The number of rotatable bonds is 13. The Morgan fingerprint density at radius 1 is 1.14 bits per heavy atom. The fraction of sp³-hybridized carbons (Fsp3) is 0.536. The minimum Gasteiger partial charge on any atom is -0.508 e. The van der Waals surface area contributed by atoms with Crippen LogP contribution in [0.5, 0.6) is 5.75 Å². The molecule has 0 spiro atoms. The van der Waals surface area contributed by atoms with Crippen molar-refractivity contribution in [2.45, 2.75) is 83.2 Å². The number of hydrogen-bond acceptors (Lipinski definition) is 6. The predicted octanol–water partition coefficient (Wildman–Crippen LogP) is 4.66. The molecule has 6 nitrogen and oxygen atoms in total. The van der Waals surface area contributed by atoms with E-state index >= 15 is 0 Å². The van der Waals surface area contributed by atoms with E-state index in [-0.39, 0.29) is 35.3 Å². The van der Waals surface area contributed by atoms with Gasteiger partial charge in [0.2, 0.25) is 0 Å². The van der Waals surface area contributed by atoms with Crippen LogP contribution in [0.15, 0.2) is 42.5 Å². The molecule has 0 unspecified atom stereocenters. The predicted molar refractivity (Wildman–Crippen MR) is 143 cm³/mol. The molecule has 2 aromatic rings. The normalized spacial score (nSPS) is 13.9. The molecule has 0 aliphatic heterocycles. The van der Waals surface area contributed by atoms with Crippen molar-refractivity contribution in [1.29, 1.82) is 0 Å². The summed E-state index contributed by atoms with van der Waals surface area (Å²) < 4.78 is 4.74. The maximum Gasteiger partial charge on any atom is 0.305 e. The van der Waals surface area contributed by atoms with Crippen molar-refractivity contribution in [2.24, 2.45) is 0 Å². The van der Waals surface area contributed by atoms with Crippen molar-refractivity contribution in [2.75, 3.05) is 13.7 Å². The van der Waals surface area contributed by atoms with Crippen molar-refractivity contribution in [3.05, 3.63) is 64.7 Å². The summed E-state index contributed by atoms with van der Waals surface area (Å²) >= 11 is 0. The monoisotopic (exact) mass is 501 g/mol. The van der Waals surface area contributed by atoms with E-state index in [1.165, 1.54) is 12.7 Å². The number of ether oxygens (including phenoxy) is 1. The molecule has 0 aliphatic rings. The zero-order valence-corrected chi connectivity index (χ0v) is 23.1. The van der Waals surface area contributed by atoms with Gasteiger partial charge in [-0.15, -0.1) is 0 Å². The van der Waals surface area contributed by atoms with Crippen LogP contribution >= 0.6 is 0 Å². The lowest BCUT2D eigenvalue weighted by Gasteiger charge is -2.38. The van der Waals surface area contributed by atoms with E-state index in [0.29, 0.717) is 24.9 Å². The molecule has 2 aromatic carbocycles. The summed E-state index contributed by atoms with van der Waals surface area (Å²) in [5.41, 5.74) is 3.89. The lowest BCUT2D eigenvalue weighted by Crippen LogP contribution is -2.41. The first-order chi connectivity index (χ1) is 16.4. The Bertz CT molecular complexity index is 970. The van der Waals surface area contributed by atoms with E-state index in [1.807, 2.05) is 37.4 Å². The number of phenols is 1. The molecule has 0 fully saturated rings. The number of benzene rings is 2. The molecule has 0 heterocycles. The highest BCUT2D eigenvalue weighted by Gasteiger charge is 2.40. The summed E-state index contributed by atoms with van der Waals surface area (Å²) in [7, 11) is -1.01. The molecule has 2 atom stereocenters. The van der Waals surface area contributed by atoms with Crippen LogP contribution in [-0.4, -0.2) is 49.0 Å². The quantitative estimate of drug-likeness (QED) is 0.235. The van der Waals surface area contributed by atoms with Crippen LogP contribution < -0.4 is 5.32 Å². The van der Waals surface area contributed by atoms with Gasteiger partial charge < -0.3 is 25.1 Å². The number of nitrogens with one attached hydrogen (secondary N) is 1. The van der Waals surface area contributed by atoms with Crippen LogP contribution in [0, 0.1) is 0 Å². The third-order valence-corrected chi connectivity index (χ3v) is 10.8. The van der Waals surface area contributed by atoms with Crippen LogP contribution in [0.1, 0.15) is 61.8 Å². The molecule has 0 amide bonds. The second kappa shape index (κ2) is 12.7. The lowest BCUT2D eigenvalue weighted by molar-refractivity contribution is -0.140. The average Bonchev–Trinajstić information content (AvgIpc) is 2.80. The van der Waals surface area contributed by atoms with Crippen LogP contribution in [0.4, 0.5) is 0 Å². The van der Waals surface area contributed by atoms with Gasteiger partial charge in [-0.3, -0.25) is 4.79 Å². The molecule has 2 rings (SSSR count). The average molecular weight is 502 g/mol. The smallest absolute Gasteiger partial charge is 0.305 e. The molecule has 0 aromatic heterocycles.